The van der Waals surface area contributed by atoms with Crippen molar-refractivity contribution in [2.45, 2.75) is 26.7 Å². The molecule has 0 aliphatic carbocycles. The fourth-order valence-electron chi connectivity index (χ4n) is 1.63. The Hall–Kier alpha value is -1.84. The third kappa shape index (κ3) is 4.57. The summed E-state index contributed by atoms with van der Waals surface area (Å²) in [5.41, 5.74) is 6.60. The lowest BCUT2D eigenvalue weighted by atomic mass is 10.0. The lowest BCUT2D eigenvalue weighted by Gasteiger charge is -2.09. The summed E-state index contributed by atoms with van der Waals surface area (Å²) in [6, 6.07) is 7.12. The van der Waals surface area contributed by atoms with Crippen molar-refractivity contribution in [3.05, 3.63) is 35.4 Å². The van der Waals surface area contributed by atoms with Gasteiger partial charge in [-0.25, -0.2) is 0 Å². The molecule has 0 heterocycles. The fourth-order valence-corrected chi connectivity index (χ4v) is 1.63. The number of carbonyl (C=O) groups is 2. The number of aryl methyl sites for hydroxylation is 1. The first-order valence-corrected chi connectivity index (χ1v) is 6.15. The molecule has 4 heteroatoms. The monoisotopic (exact) mass is 248 g/mol. The van der Waals surface area contributed by atoms with Crippen molar-refractivity contribution >= 4 is 11.8 Å². The van der Waals surface area contributed by atoms with E-state index in [-0.39, 0.29) is 5.91 Å². The SMILES string of the molecule is CC(C)CNC(=O)CCc1ccccc1C(N)=O. The van der Waals surface area contributed by atoms with Crippen molar-refractivity contribution in [3.8, 4) is 0 Å². The predicted molar refractivity (Wildman–Crippen MR) is 71.1 cm³/mol. The van der Waals surface area contributed by atoms with E-state index in [2.05, 4.69) is 5.32 Å². The predicted octanol–water partition coefficient (Wildman–Crippen LogP) is 1.49. The first kappa shape index (κ1) is 14.2. The molecule has 0 unspecified atom stereocenters. The minimum Gasteiger partial charge on any atom is -0.366 e. The van der Waals surface area contributed by atoms with Gasteiger partial charge in [0.1, 0.15) is 0 Å². The van der Waals surface area contributed by atoms with Crippen molar-refractivity contribution in [3.63, 3.8) is 0 Å². The third-order valence-corrected chi connectivity index (χ3v) is 2.61. The number of rotatable bonds is 6. The van der Waals surface area contributed by atoms with Crippen LogP contribution in [-0.2, 0) is 11.2 Å². The van der Waals surface area contributed by atoms with E-state index >= 15 is 0 Å². The molecule has 0 saturated heterocycles. The molecule has 3 N–H and O–H groups in total. The second-order valence-corrected chi connectivity index (χ2v) is 4.72. The second kappa shape index (κ2) is 6.79. The Bertz CT molecular complexity index is 428. The molecule has 2 amide bonds. The first-order chi connectivity index (χ1) is 8.50. The van der Waals surface area contributed by atoms with Crippen LogP contribution in [-0.4, -0.2) is 18.4 Å². The van der Waals surface area contributed by atoms with Crippen molar-refractivity contribution in [2.75, 3.05) is 6.54 Å². The summed E-state index contributed by atoms with van der Waals surface area (Å²) in [6.07, 6.45) is 0.903. The average Bonchev–Trinajstić information content (AvgIpc) is 2.34. The zero-order valence-electron chi connectivity index (χ0n) is 10.9. The molecular formula is C14H20N2O2. The number of nitrogens with one attached hydrogen (secondary N) is 1. The molecular weight excluding hydrogens is 228 g/mol. The summed E-state index contributed by atoms with van der Waals surface area (Å²) in [5, 5.41) is 2.85. The minimum absolute atomic E-state index is 0.00275. The summed E-state index contributed by atoms with van der Waals surface area (Å²) in [7, 11) is 0. The van der Waals surface area contributed by atoms with Crippen LogP contribution in [0.15, 0.2) is 24.3 Å². The fraction of sp³-hybridized carbons (Fsp3) is 0.429. The van der Waals surface area contributed by atoms with E-state index in [1.165, 1.54) is 0 Å². The van der Waals surface area contributed by atoms with Gasteiger partial charge in [-0.05, 0) is 24.0 Å². The first-order valence-electron chi connectivity index (χ1n) is 6.15. The molecule has 1 aromatic carbocycles. The summed E-state index contributed by atoms with van der Waals surface area (Å²) in [5.74, 6) is -0.0111. The summed E-state index contributed by atoms with van der Waals surface area (Å²) in [6.45, 7) is 4.77. The molecule has 0 saturated carbocycles. The molecule has 0 bridgehead atoms. The number of amides is 2. The lowest BCUT2D eigenvalue weighted by molar-refractivity contribution is -0.121. The zero-order chi connectivity index (χ0) is 13.5. The Labute approximate surface area is 108 Å². The lowest BCUT2D eigenvalue weighted by Crippen LogP contribution is -2.27. The molecule has 4 nitrogen and oxygen atoms in total. The topological polar surface area (TPSA) is 72.2 Å². The van der Waals surface area contributed by atoms with Crippen LogP contribution in [0.1, 0.15) is 36.2 Å². The van der Waals surface area contributed by atoms with Gasteiger partial charge in [0.2, 0.25) is 11.8 Å². The van der Waals surface area contributed by atoms with Gasteiger partial charge in [-0.2, -0.15) is 0 Å². The van der Waals surface area contributed by atoms with Crippen LogP contribution in [0.3, 0.4) is 0 Å². The number of nitrogens with two attached hydrogens (primary N) is 1. The maximum atomic E-state index is 11.6. The van der Waals surface area contributed by atoms with Crippen LogP contribution in [0.5, 0.6) is 0 Å². The minimum atomic E-state index is -0.451. The summed E-state index contributed by atoms with van der Waals surface area (Å²) >= 11 is 0. The molecule has 0 spiro atoms. The van der Waals surface area contributed by atoms with Crippen LogP contribution in [0, 0.1) is 5.92 Å². The van der Waals surface area contributed by atoms with Crippen LogP contribution >= 0.6 is 0 Å². The molecule has 1 aromatic rings. The molecule has 0 fully saturated rings. The van der Waals surface area contributed by atoms with E-state index in [0.29, 0.717) is 30.9 Å². The number of carbonyl (C=O) groups excluding carboxylic acids is 2. The Morgan fingerprint density at radius 3 is 2.56 bits per heavy atom. The van der Waals surface area contributed by atoms with Gasteiger partial charge >= 0.3 is 0 Å². The van der Waals surface area contributed by atoms with Gasteiger partial charge in [0.25, 0.3) is 0 Å². The summed E-state index contributed by atoms with van der Waals surface area (Å²) in [4.78, 5) is 22.8. The van der Waals surface area contributed by atoms with Gasteiger partial charge in [-0.3, -0.25) is 9.59 Å². The van der Waals surface area contributed by atoms with Gasteiger partial charge < -0.3 is 11.1 Å². The maximum Gasteiger partial charge on any atom is 0.248 e. The van der Waals surface area contributed by atoms with Gasteiger partial charge in [0.15, 0.2) is 0 Å². The van der Waals surface area contributed by atoms with Gasteiger partial charge in [0.05, 0.1) is 0 Å². The molecule has 0 atom stereocenters. The van der Waals surface area contributed by atoms with E-state index < -0.39 is 5.91 Å². The van der Waals surface area contributed by atoms with E-state index in [4.69, 9.17) is 5.73 Å². The van der Waals surface area contributed by atoms with Gasteiger partial charge in [0, 0.05) is 18.5 Å². The number of primary amides is 1. The smallest absolute Gasteiger partial charge is 0.248 e. The second-order valence-electron chi connectivity index (χ2n) is 4.72. The Morgan fingerprint density at radius 2 is 1.94 bits per heavy atom. The van der Waals surface area contributed by atoms with E-state index in [0.717, 1.165) is 5.56 Å². The molecule has 0 aromatic heterocycles. The van der Waals surface area contributed by atoms with E-state index in [9.17, 15) is 9.59 Å². The van der Waals surface area contributed by atoms with Crippen LogP contribution in [0.4, 0.5) is 0 Å². The molecule has 0 aliphatic heterocycles. The van der Waals surface area contributed by atoms with Crippen molar-refractivity contribution in [1.82, 2.24) is 5.32 Å². The van der Waals surface area contributed by atoms with Crippen LogP contribution < -0.4 is 11.1 Å². The largest absolute Gasteiger partial charge is 0.366 e. The number of hydrogen-bond donors (Lipinski definition) is 2. The maximum absolute atomic E-state index is 11.6. The molecule has 1 rings (SSSR count). The third-order valence-electron chi connectivity index (χ3n) is 2.61. The Morgan fingerprint density at radius 1 is 1.28 bits per heavy atom. The van der Waals surface area contributed by atoms with Crippen molar-refractivity contribution < 1.29 is 9.59 Å². The van der Waals surface area contributed by atoms with Crippen LogP contribution in [0.2, 0.25) is 0 Å². The molecule has 0 aliphatic rings. The molecule has 18 heavy (non-hydrogen) atoms. The average molecular weight is 248 g/mol. The zero-order valence-corrected chi connectivity index (χ0v) is 10.9. The van der Waals surface area contributed by atoms with E-state index in [1.807, 2.05) is 26.0 Å². The highest BCUT2D eigenvalue weighted by Crippen LogP contribution is 2.10. The van der Waals surface area contributed by atoms with Crippen LogP contribution in [0.25, 0.3) is 0 Å². The van der Waals surface area contributed by atoms with Crippen molar-refractivity contribution in [2.24, 2.45) is 11.7 Å². The highest BCUT2D eigenvalue weighted by Gasteiger charge is 2.09. The Kier molecular flexibility index (Phi) is 5.36. The quantitative estimate of drug-likeness (QED) is 0.800. The highest BCUT2D eigenvalue weighted by atomic mass is 16.1. The van der Waals surface area contributed by atoms with Gasteiger partial charge in [-0.15, -0.1) is 0 Å². The normalized spacial score (nSPS) is 10.4. The van der Waals surface area contributed by atoms with Crippen molar-refractivity contribution in [1.29, 1.82) is 0 Å². The standard InChI is InChI=1S/C14H20N2O2/c1-10(2)9-16-13(17)8-7-11-5-3-4-6-12(11)14(15)18/h3-6,10H,7-9H2,1-2H3,(H2,15,18)(H,16,17). The number of benzene rings is 1. The van der Waals surface area contributed by atoms with Gasteiger partial charge in [-0.1, -0.05) is 32.0 Å². The summed E-state index contributed by atoms with van der Waals surface area (Å²) < 4.78 is 0. The molecule has 98 valence electrons. The number of hydrogen-bond acceptors (Lipinski definition) is 2. The highest BCUT2D eigenvalue weighted by molar-refractivity contribution is 5.94. The molecule has 0 radical (unpaired) electrons. The van der Waals surface area contributed by atoms with E-state index in [1.54, 1.807) is 12.1 Å². The Balaban J connectivity index is 2.53.